The molecule has 0 aliphatic heterocycles. The van der Waals surface area contributed by atoms with E-state index < -0.39 is 29.5 Å². The van der Waals surface area contributed by atoms with Gasteiger partial charge in [0.25, 0.3) is 5.91 Å². The van der Waals surface area contributed by atoms with Crippen molar-refractivity contribution in [3.8, 4) is 5.75 Å². The maximum absolute atomic E-state index is 12.7. The summed E-state index contributed by atoms with van der Waals surface area (Å²) < 4.78 is 15.8. The predicted octanol–water partition coefficient (Wildman–Crippen LogP) is 4.73. The first-order valence-electron chi connectivity index (χ1n) is 11.5. The van der Waals surface area contributed by atoms with Crippen LogP contribution in [0.4, 0.5) is 10.5 Å². The topological polar surface area (TPSA) is 120 Å². The number of nitrogens with one attached hydrogen (secondary N) is 2. The summed E-state index contributed by atoms with van der Waals surface area (Å²) in [6.07, 6.45) is -0.619. The Hall–Kier alpha value is -4.66. The van der Waals surface area contributed by atoms with E-state index in [1.165, 1.54) is 36.4 Å². The van der Waals surface area contributed by atoms with Gasteiger partial charge in [-0.1, -0.05) is 42.5 Å². The molecule has 0 spiro atoms. The van der Waals surface area contributed by atoms with E-state index >= 15 is 0 Å². The molecule has 0 aliphatic carbocycles. The van der Waals surface area contributed by atoms with Gasteiger partial charge in [-0.3, -0.25) is 14.9 Å². The van der Waals surface area contributed by atoms with Gasteiger partial charge in [0.2, 0.25) is 0 Å². The third kappa shape index (κ3) is 8.81. The fourth-order valence-corrected chi connectivity index (χ4v) is 3.05. The second kappa shape index (κ2) is 12.3. The number of ether oxygens (including phenoxy) is 3. The summed E-state index contributed by atoms with van der Waals surface area (Å²) in [5.41, 5.74) is 0.901. The third-order valence-corrected chi connectivity index (χ3v) is 4.74. The minimum absolute atomic E-state index is 0.0265. The van der Waals surface area contributed by atoms with Crippen molar-refractivity contribution in [1.82, 2.24) is 5.32 Å². The van der Waals surface area contributed by atoms with Crippen LogP contribution in [0, 0.1) is 0 Å². The average Bonchev–Trinajstić information content (AvgIpc) is 2.86. The summed E-state index contributed by atoms with van der Waals surface area (Å²) in [5.74, 6) is -1.88. The number of amides is 2. The molecule has 0 unspecified atom stereocenters. The highest BCUT2D eigenvalue weighted by atomic mass is 16.6. The lowest BCUT2D eigenvalue weighted by molar-refractivity contribution is -0.143. The Kier molecular flexibility index (Phi) is 8.99. The highest BCUT2D eigenvalue weighted by molar-refractivity contribution is 6.00. The van der Waals surface area contributed by atoms with Crippen molar-refractivity contribution in [2.24, 2.45) is 0 Å². The van der Waals surface area contributed by atoms with Crippen LogP contribution in [0.1, 0.15) is 47.1 Å². The van der Waals surface area contributed by atoms with Crippen molar-refractivity contribution in [3.63, 3.8) is 0 Å². The number of carbonyl (C=O) groups is 4. The monoisotopic (exact) mass is 504 g/mol. The molecular weight excluding hydrogens is 476 g/mol. The Bertz CT molecular complexity index is 1250. The van der Waals surface area contributed by atoms with Gasteiger partial charge in [0.15, 0.2) is 0 Å². The van der Waals surface area contributed by atoms with Gasteiger partial charge in [0.05, 0.1) is 11.1 Å². The predicted molar refractivity (Wildman–Crippen MR) is 136 cm³/mol. The second-order valence-electron chi connectivity index (χ2n) is 8.92. The fraction of sp³-hybridized carbons (Fsp3) is 0.214. The molecule has 0 saturated carbocycles. The Morgan fingerprint density at radius 2 is 1.46 bits per heavy atom. The summed E-state index contributed by atoms with van der Waals surface area (Å²) in [6, 6.07) is 21.3. The van der Waals surface area contributed by atoms with Gasteiger partial charge in [0.1, 0.15) is 24.5 Å². The number of esters is 2. The highest BCUT2D eigenvalue weighted by Gasteiger charge is 2.18. The summed E-state index contributed by atoms with van der Waals surface area (Å²) >= 11 is 0. The number of para-hydroxylation sites is 1. The highest BCUT2D eigenvalue weighted by Crippen LogP contribution is 2.20. The molecule has 0 radical (unpaired) electrons. The molecule has 0 aromatic heterocycles. The molecule has 3 rings (SSSR count). The van der Waals surface area contributed by atoms with E-state index in [9.17, 15) is 19.2 Å². The van der Waals surface area contributed by atoms with E-state index in [0.717, 1.165) is 5.56 Å². The molecule has 192 valence electrons. The van der Waals surface area contributed by atoms with Gasteiger partial charge in [-0.25, -0.2) is 9.59 Å². The van der Waals surface area contributed by atoms with Crippen molar-refractivity contribution in [2.45, 2.75) is 33.0 Å². The number of rotatable bonds is 8. The molecule has 0 heterocycles. The van der Waals surface area contributed by atoms with Crippen LogP contribution in [0.25, 0.3) is 0 Å². The minimum atomic E-state index is -0.702. The molecule has 3 aromatic carbocycles. The first-order chi connectivity index (χ1) is 17.6. The molecule has 37 heavy (non-hydrogen) atoms. The Morgan fingerprint density at radius 3 is 2.14 bits per heavy atom. The Labute approximate surface area is 214 Å². The van der Waals surface area contributed by atoms with Crippen LogP contribution in [0.15, 0.2) is 78.9 Å². The van der Waals surface area contributed by atoms with Crippen molar-refractivity contribution in [3.05, 3.63) is 95.6 Å². The van der Waals surface area contributed by atoms with Gasteiger partial charge in [0, 0.05) is 5.69 Å². The van der Waals surface area contributed by atoms with Crippen molar-refractivity contribution >= 4 is 29.6 Å². The van der Waals surface area contributed by atoms with Crippen molar-refractivity contribution in [1.29, 1.82) is 0 Å². The van der Waals surface area contributed by atoms with Gasteiger partial charge in [-0.2, -0.15) is 0 Å². The van der Waals surface area contributed by atoms with Gasteiger partial charge in [-0.15, -0.1) is 0 Å². The molecule has 0 aliphatic rings. The van der Waals surface area contributed by atoms with Crippen LogP contribution in [-0.2, 0) is 20.9 Å². The molecule has 3 aromatic rings. The second-order valence-corrected chi connectivity index (χ2v) is 8.92. The molecule has 0 saturated heterocycles. The zero-order valence-corrected chi connectivity index (χ0v) is 20.8. The van der Waals surface area contributed by atoms with Crippen LogP contribution >= 0.6 is 0 Å². The van der Waals surface area contributed by atoms with E-state index in [4.69, 9.17) is 14.2 Å². The molecule has 2 N–H and O–H groups in total. The van der Waals surface area contributed by atoms with Crippen molar-refractivity contribution in [2.75, 3.05) is 11.9 Å². The van der Waals surface area contributed by atoms with Gasteiger partial charge < -0.3 is 19.5 Å². The lowest BCUT2D eigenvalue weighted by atomic mass is 10.1. The largest absolute Gasteiger partial charge is 0.460 e. The first kappa shape index (κ1) is 26.9. The number of hydrogen-bond acceptors (Lipinski definition) is 7. The summed E-state index contributed by atoms with van der Waals surface area (Å²) in [4.78, 5) is 49.2. The minimum Gasteiger partial charge on any atom is -0.460 e. The van der Waals surface area contributed by atoms with Crippen molar-refractivity contribution < 1.29 is 33.4 Å². The normalized spacial score (nSPS) is 10.7. The molecule has 0 fully saturated rings. The maximum Gasteiger partial charge on any atom is 0.412 e. The van der Waals surface area contributed by atoms with E-state index in [2.05, 4.69) is 10.6 Å². The zero-order valence-electron chi connectivity index (χ0n) is 20.8. The summed E-state index contributed by atoms with van der Waals surface area (Å²) in [6.45, 7) is 5.00. The summed E-state index contributed by atoms with van der Waals surface area (Å²) in [7, 11) is 0. The first-order valence-corrected chi connectivity index (χ1v) is 11.5. The van der Waals surface area contributed by atoms with Gasteiger partial charge >= 0.3 is 18.0 Å². The molecule has 9 heteroatoms. The molecule has 9 nitrogen and oxygen atoms in total. The van der Waals surface area contributed by atoms with E-state index in [1.807, 2.05) is 30.3 Å². The Balaban J connectivity index is 1.55. The quantitative estimate of drug-likeness (QED) is 0.336. The smallest absolute Gasteiger partial charge is 0.412 e. The van der Waals surface area contributed by atoms with E-state index in [-0.39, 0.29) is 30.0 Å². The van der Waals surface area contributed by atoms with Crippen LogP contribution in [-0.4, -0.2) is 36.1 Å². The average molecular weight is 505 g/mol. The molecular formula is C28H28N2O7. The molecule has 2 amide bonds. The number of carbonyl (C=O) groups excluding carboxylic acids is 4. The van der Waals surface area contributed by atoms with Crippen LogP contribution in [0.5, 0.6) is 5.75 Å². The number of benzene rings is 3. The van der Waals surface area contributed by atoms with E-state index in [0.29, 0.717) is 5.69 Å². The van der Waals surface area contributed by atoms with Crippen LogP contribution in [0.2, 0.25) is 0 Å². The van der Waals surface area contributed by atoms with Crippen LogP contribution < -0.4 is 15.4 Å². The lowest BCUT2D eigenvalue weighted by Crippen LogP contribution is -2.31. The molecule has 0 bridgehead atoms. The summed E-state index contributed by atoms with van der Waals surface area (Å²) in [5, 5.41) is 5.05. The third-order valence-electron chi connectivity index (χ3n) is 4.74. The SMILES string of the molecule is CC(C)(C)OC(=O)Nc1ccc(C(=O)Oc2ccccc2C(=O)NCC(=O)OCc2ccccc2)cc1. The molecule has 0 atom stereocenters. The number of anilines is 1. The Morgan fingerprint density at radius 1 is 0.811 bits per heavy atom. The zero-order chi connectivity index (χ0) is 26.8. The lowest BCUT2D eigenvalue weighted by Gasteiger charge is -2.19. The fourth-order valence-electron chi connectivity index (χ4n) is 3.05. The van der Waals surface area contributed by atoms with E-state index in [1.54, 1.807) is 32.9 Å². The van der Waals surface area contributed by atoms with Crippen LogP contribution in [0.3, 0.4) is 0 Å². The van der Waals surface area contributed by atoms with Gasteiger partial charge in [-0.05, 0) is 62.7 Å². The standard InChI is InChI=1S/C28H28N2O7/c1-28(2,3)37-27(34)30-21-15-13-20(14-16-21)26(33)36-23-12-8-7-11-22(23)25(32)29-17-24(31)35-18-19-9-5-4-6-10-19/h4-16H,17-18H2,1-3H3,(H,29,32)(H,30,34). The number of hydrogen-bond donors (Lipinski definition) is 2. The maximum atomic E-state index is 12.7.